The van der Waals surface area contributed by atoms with E-state index in [0.717, 1.165) is 30.0 Å². The van der Waals surface area contributed by atoms with Crippen molar-refractivity contribution >= 4 is 46.2 Å². The standard InChI is InChI=1S/C25H24ClN3O3S/c26-21-10-5-11-22(23(21)29-12-14-31-15-13-29)27-25(33)28-24(30)19-8-4-9-20(16-19)32-17-18-6-2-1-3-7-18/h1-11,16H,12-15,17H2,(H2,27,28,30,33). The second-order valence-corrected chi connectivity index (χ2v) is 8.26. The lowest BCUT2D eigenvalue weighted by Gasteiger charge is -2.31. The molecular weight excluding hydrogens is 458 g/mol. The summed E-state index contributed by atoms with van der Waals surface area (Å²) < 4.78 is 11.3. The molecule has 0 unspecified atom stereocenters. The summed E-state index contributed by atoms with van der Waals surface area (Å²) in [5.41, 5.74) is 3.07. The average molecular weight is 482 g/mol. The first kappa shape index (κ1) is 23.0. The molecule has 6 nitrogen and oxygen atoms in total. The third-order valence-corrected chi connectivity index (χ3v) is 5.64. The van der Waals surface area contributed by atoms with E-state index < -0.39 is 0 Å². The summed E-state index contributed by atoms with van der Waals surface area (Å²) in [6.45, 7) is 3.15. The smallest absolute Gasteiger partial charge is 0.257 e. The van der Waals surface area contributed by atoms with Gasteiger partial charge in [0, 0.05) is 18.7 Å². The SMILES string of the molecule is O=C(NC(=S)Nc1cccc(Cl)c1N1CCOCC1)c1cccc(OCc2ccccc2)c1. The molecule has 0 spiro atoms. The van der Waals surface area contributed by atoms with E-state index in [1.807, 2.05) is 54.6 Å². The van der Waals surface area contributed by atoms with Gasteiger partial charge in [0.15, 0.2) is 5.11 Å². The van der Waals surface area contributed by atoms with Gasteiger partial charge in [0.1, 0.15) is 12.4 Å². The summed E-state index contributed by atoms with van der Waals surface area (Å²) in [7, 11) is 0. The third-order valence-electron chi connectivity index (χ3n) is 5.13. The molecule has 33 heavy (non-hydrogen) atoms. The normalized spacial score (nSPS) is 13.3. The van der Waals surface area contributed by atoms with Crippen LogP contribution in [-0.2, 0) is 11.3 Å². The van der Waals surface area contributed by atoms with Crippen molar-refractivity contribution in [2.24, 2.45) is 0 Å². The molecule has 1 aliphatic rings. The number of ether oxygens (including phenoxy) is 2. The molecule has 8 heteroatoms. The molecule has 2 N–H and O–H groups in total. The summed E-state index contributed by atoms with van der Waals surface area (Å²) in [6.07, 6.45) is 0. The van der Waals surface area contributed by atoms with Gasteiger partial charge in [0.25, 0.3) is 5.91 Å². The maximum atomic E-state index is 12.8. The van der Waals surface area contributed by atoms with Crippen LogP contribution in [0.5, 0.6) is 5.75 Å². The Morgan fingerprint density at radius 1 is 1.03 bits per heavy atom. The van der Waals surface area contributed by atoms with Gasteiger partial charge in [-0.25, -0.2) is 0 Å². The number of carbonyl (C=O) groups is 1. The van der Waals surface area contributed by atoms with Crippen LogP contribution in [0.3, 0.4) is 0 Å². The number of halogens is 1. The number of rotatable bonds is 6. The molecule has 0 aromatic heterocycles. The zero-order valence-corrected chi connectivity index (χ0v) is 19.5. The van der Waals surface area contributed by atoms with Gasteiger partial charge in [-0.05, 0) is 48.1 Å². The number of morpholine rings is 1. The predicted octanol–water partition coefficient (Wildman–Crippen LogP) is 4.88. The fraction of sp³-hybridized carbons (Fsp3) is 0.200. The second-order valence-electron chi connectivity index (χ2n) is 7.45. The molecule has 0 atom stereocenters. The van der Waals surface area contributed by atoms with Crippen molar-refractivity contribution in [3.63, 3.8) is 0 Å². The van der Waals surface area contributed by atoms with Crippen molar-refractivity contribution in [2.75, 3.05) is 36.5 Å². The Morgan fingerprint density at radius 2 is 1.79 bits per heavy atom. The number of amides is 1. The Bertz CT molecular complexity index is 1120. The summed E-state index contributed by atoms with van der Waals surface area (Å²) in [4.78, 5) is 14.9. The highest BCUT2D eigenvalue weighted by Crippen LogP contribution is 2.34. The molecule has 1 aliphatic heterocycles. The van der Waals surface area contributed by atoms with E-state index in [1.54, 1.807) is 18.2 Å². The first-order valence-electron chi connectivity index (χ1n) is 10.6. The maximum Gasteiger partial charge on any atom is 0.257 e. The van der Waals surface area contributed by atoms with Gasteiger partial charge in [0.2, 0.25) is 0 Å². The number of nitrogens with one attached hydrogen (secondary N) is 2. The quantitative estimate of drug-likeness (QED) is 0.489. The minimum Gasteiger partial charge on any atom is -0.489 e. The van der Waals surface area contributed by atoms with Gasteiger partial charge >= 0.3 is 0 Å². The van der Waals surface area contributed by atoms with Gasteiger partial charge in [-0.15, -0.1) is 0 Å². The van der Waals surface area contributed by atoms with E-state index in [9.17, 15) is 4.79 Å². The van der Waals surface area contributed by atoms with E-state index in [1.165, 1.54) is 0 Å². The van der Waals surface area contributed by atoms with Crippen molar-refractivity contribution in [3.05, 3.63) is 88.9 Å². The van der Waals surface area contributed by atoms with Crippen molar-refractivity contribution in [2.45, 2.75) is 6.61 Å². The lowest BCUT2D eigenvalue weighted by molar-refractivity contribution is 0.0977. The fourth-order valence-corrected chi connectivity index (χ4v) is 4.02. The van der Waals surface area contributed by atoms with Crippen LogP contribution in [0.1, 0.15) is 15.9 Å². The highest BCUT2D eigenvalue weighted by molar-refractivity contribution is 7.80. The molecule has 1 amide bonds. The van der Waals surface area contributed by atoms with Gasteiger partial charge in [-0.2, -0.15) is 0 Å². The molecular formula is C25H24ClN3O3S. The predicted molar refractivity (Wildman–Crippen MR) is 135 cm³/mol. The van der Waals surface area contributed by atoms with Crippen LogP contribution in [-0.4, -0.2) is 37.3 Å². The Hall–Kier alpha value is -3.13. The summed E-state index contributed by atoms with van der Waals surface area (Å²) in [5, 5.41) is 6.64. The van der Waals surface area contributed by atoms with Crippen LogP contribution in [0.15, 0.2) is 72.8 Å². The van der Waals surface area contributed by atoms with Crippen molar-refractivity contribution in [3.8, 4) is 5.75 Å². The molecule has 0 radical (unpaired) electrons. The second kappa shape index (κ2) is 11.1. The minimum atomic E-state index is -0.326. The Balaban J connectivity index is 1.39. The van der Waals surface area contributed by atoms with E-state index in [4.69, 9.17) is 33.3 Å². The molecule has 0 aliphatic carbocycles. The van der Waals surface area contributed by atoms with Gasteiger partial charge in [-0.3, -0.25) is 10.1 Å². The molecule has 1 heterocycles. The Morgan fingerprint density at radius 3 is 2.58 bits per heavy atom. The number of para-hydroxylation sites is 1. The van der Waals surface area contributed by atoms with Crippen molar-refractivity contribution < 1.29 is 14.3 Å². The number of hydrogen-bond donors (Lipinski definition) is 2. The van der Waals surface area contributed by atoms with E-state index >= 15 is 0 Å². The molecule has 170 valence electrons. The number of benzene rings is 3. The lowest BCUT2D eigenvalue weighted by atomic mass is 10.2. The zero-order valence-electron chi connectivity index (χ0n) is 17.9. The minimum absolute atomic E-state index is 0.187. The first-order valence-corrected chi connectivity index (χ1v) is 11.4. The highest BCUT2D eigenvalue weighted by Gasteiger charge is 2.19. The van der Waals surface area contributed by atoms with Gasteiger partial charge in [0.05, 0.1) is 29.6 Å². The number of nitrogens with zero attached hydrogens (tertiary/aromatic N) is 1. The Labute approximate surface area is 203 Å². The molecule has 4 rings (SSSR count). The first-order chi connectivity index (χ1) is 16.1. The van der Waals surface area contributed by atoms with Crippen molar-refractivity contribution in [1.82, 2.24) is 5.32 Å². The van der Waals surface area contributed by atoms with Crippen LogP contribution in [0.25, 0.3) is 0 Å². The summed E-state index contributed by atoms with van der Waals surface area (Å²) in [5.74, 6) is 0.280. The molecule has 1 saturated heterocycles. The average Bonchev–Trinajstić information content (AvgIpc) is 2.84. The van der Waals surface area contributed by atoms with Crippen LogP contribution >= 0.6 is 23.8 Å². The van der Waals surface area contributed by atoms with E-state index in [-0.39, 0.29) is 11.0 Å². The number of carbonyl (C=O) groups excluding carboxylic acids is 1. The van der Waals surface area contributed by atoms with Crippen LogP contribution in [0.2, 0.25) is 5.02 Å². The molecule has 0 saturated carbocycles. The zero-order chi connectivity index (χ0) is 23.0. The molecule has 0 bridgehead atoms. The summed E-state index contributed by atoms with van der Waals surface area (Å²) >= 11 is 11.9. The lowest BCUT2D eigenvalue weighted by Crippen LogP contribution is -2.38. The maximum absolute atomic E-state index is 12.8. The van der Waals surface area contributed by atoms with Crippen LogP contribution < -0.4 is 20.3 Å². The third kappa shape index (κ3) is 6.22. The van der Waals surface area contributed by atoms with Gasteiger partial charge < -0.3 is 19.7 Å². The van der Waals surface area contributed by atoms with Crippen molar-refractivity contribution in [1.29, 1.82) is 0 Å². The largest absolute Gasteiger partial charge is 0.489 e. The topological polar surface area (TPSA) is 62.8 Å². The molecule has 3 aromatic carbocycles. The molecule has 1 fully saturated rings. The highest BCUT2D eigenvalue weighted by atomic mass is 35.5. The Kier molecular flexibility index (Phi) is 7.78. The summed E-state index contributed by atoms with van der Waals surface area (Å²) in [6, 6.07) is 22.4. The number of anilines is 2. The van der Waals surface area contributed by atoms with Gasteiger partial charge in [-0.1, -0.05) is 54.1 Å². The number of thiocarbonyl (C=S) groups is 1. The molecule has 3 aromatic rings. The van der Waals surface area contributed by atoms with Crippen LogP contribution in [0, 0.1) is 0 Å². The number of hydrogen-bond acceptors (Lipinski definition) is 5. The van der Waals surface area contributed by atoms with E-state index in [0.29, 0.717) is 36.2 Å². The van der Waals surface area contributed by atoms with Crippen LogP contribution in [0.4, 0.5) is 11.4 Å². The monoisotopic (exact) mass is 481 g/mol. The fourth-order valence-electron chi connectivity index (χ4n) is 3.52. The van der Waals surface area contributed by atoms with E-state index in [2.05, 4.69) is 15.5 Å².